The van der Waals surface area contributed by atoms with Gasteiger partial charge in [0.15, 0.2) is 0 Å². The summed E-state index contributed by atoms with van der Waals surface area (Å²) in [5.74, 6) is 0.178. The molecule has 80 valence electrons. The number of aldehydes is 1. The zero-order valence-corrected chi connectivity index (χ0v) is 9.07. The minimum absolute atomic E-state index is 0.0434. The van der Waals surface area contributed by atoms with Crippen LogP contribution in [0.15, 0.2) is 11.7 Å². The van der Waals surface area contributed by atoms with Gasteiger partial charge < -0.3 is 9.69 Å². The smallest absolute Gasteiger partial charge is 0.265 e. The van der Waals surface area contributed by atoms with Crippen LogP contribution in [0.25, 0.3) is 0 Å². The number of hydrogen-bond donors (Lipinski definition) is 0. The molecule has 0 unspecified atom stereocenters. The topological polar surface area (TPSA) is 50.3 Å². The molecule has 2 rings (SSSR count). The SMILES string of the molecule is O=CC1CCN(C(=O)c2cncs2)CC1. The lowest BCUT2D eigenvalue weighted by Gasteiger charge is -2.29. The number of piperidine rings is 1. The number of aromatic nitrogens is 1. The van der Waals surface area contributed by atoms with Gasteiger partial charge in [0.25, 0.3) is 5.91 Å². The van der Waals surface area contributed by atoms with Gasteiger partial charge in [0.1, 0.15) is 11.2 Å². The van der Waals surface area contributed by atoms with Gasteiger partial charge in [0.05, 0.1) is 11.7 Å². The molecule has 0 spiro atoms. The second-order valence-electron chi connectivity index (χ2n) is 3.63. The van der Waals surface area contributed by atoms with E-state index in [-0.39, 0.29) is 11.8 Å². The van der Waals surface area contributed by atoms with E-state index < -0.39 is 0 Å². The van der Waals surface area contributed by atoms with Gasteiger partial charge in [0, 0.05) is 19.0 Å². The van der Waals surface area contributed by atoms with Gasteiger partial charge in [-0.2, -0.15) is 0 Å². The molecule has 1 aromatic rings. The normalized spacial score (nSPS) is 17.7. The van der Waals surface area contributed by atoms with Gasteiger partial charge in [-0.05, 0) is 12.8 Å². The molecule has 0 atom stereocenters. The molecule has 1 fully saturated rings. The van der Waals surface area contributed by atoms with E-state index in [4.69, 9.17) is 0 Å². The van der Waals surface area contributed by atoms with E-state index >= 15 is 0 Å². The van der Waals surface area contributed by atoms with Crippen LogP contribution in [0.5, 0.6) is 0 Å². The Hall–Kier alpha value is -1.23. The molecule has 0 aliphatic carbocycles. The maximum Gasteiger partial charge on any atom is 0.265 e. The van der Waals surface area contributed by atoms with Crippen LogP contribution in [-0.4, -0.2) is 35.2 Å². The highest BCUT2D eigenvalue weighted by atomic mass is 32.1. The minimum atomic E-state index is 0.0434. The van der Waals surface area contributed by atoms with E-state index in [1.54, 1.807) is 16.6 Å². The van der Waals surface area contributed by atoms with Crippen molar-refractivity contribution in [3.8, 4) is 0 Å². The molecular formula is C10H12N2O2S. The van der Waals surface area contributed by atoms with E-state index in [2.05, 4.69) is 4.98 Å². The molecule has 0 saturated carbocycles. The summed E-state index contributed by atoms with van der Waals surface area (Å²) in [5, 5.41) is 0. The Labute approximate surface area is 91.9 Å². The lowest BCUT2D eigenvalue weighted by atomic mass is 9.98. The summed E-state index contributed by atoms with van der Waals surface area (Å²) in [6, 6.07) is 0. The number of hydrogen-bond acceptors (Lipinski definition) is 4. The third-order valence-electron chi connectivity index (χ3n) is 2.66. The highest BCUT2D eigenvalue weighted by molar-refractivity contribution is 7.11. The molecule has 1 amide bonds. The minimum Gasteiger partial charge on any atom is -0.338 e. The number of amides is 1. The lowest BCUT2D eigenvalue weighted by Crippen LogP contribution is -2.38. The van der Waals surface area contributed by atoms with Gasteiger partial charge in [-0.15, -0.1) is 11.3 Å². The summed E-state index contributed by atoms with van der Waals surface area (Å²) in [7, 11) is 0. The predicted octanol–water partition coefficient (Wildman–Crippen LogP) is 1.19. The number of carbonyl (C=O) groups excluding carboxylic acids is 2. The van der Waals surface area contributed by atoms with Crippen molar-refractivity contribution < 1.29 is 9.59 Å². The quantitative estimate of drug-likeness (QED) is 0.709. The number of carbonyl (C=O) groups is 2. The average Bonchev–Trinajstić information content (AvgIpc) is 2.82. The summed E-state index contributed by atoms with van der Waals surface area (Å²) >= 11 is 1.36. The van der Waals surface area contributed by atoms with E-state index in [9.17, 15) is 9.59 Å². The van der Waals surface area contributed by atoms with Crippen LogP contribution in [0.4, 0.5) is 0 Å². The Bertz CT molecular complexity index is 342. The molecule has 1 aromatic heterocycles. The number of likely N-dealkylation sites (tertiary alicyclic amines) is 1. The molecule has 1 aliphatic rings. The molecule has 0 aromatic carbocycles. The zero-order valence-electron chi connectivity index (χ0n) is 8.26. The summed E-state index contributed by atoms with van der Waals surface area (Å²) in [5.41, 5.74) is 1.66. The maximum atomic E-state index is 11.9. The van der Waals surface area contributed by atoms with Crippen LogP contribution >= 0.6 is 11.3 Å². The highest BCUT2D eigenvalue weighted by Gasteiger charge is 2.23. The largest absolute Gasteiger partial charge is 0.338 e. The molecule has 1 saturated heterocycles. The van der Waals surface area contributed by atoms with Crippen molar-refractivity contribution >= 4 is 23.5 Å². The third-order valence-corrected chi connectivity index (χ3v) is 3.42. The molecule has 5 heteroatoms. The van der Waals surface area contributed by atoms with Crippen molar-refractivity contribution in [1.82, 2.24) is 9.88 Å². The first-order valence-corrected chi connectivity index (χ1v) is 5.82. The van der Waals surface area contributed by atoms with Crippen molar-refractivity contribution in [3.05, 3.63) is 16.6 Å². The zero-order chi connectivity index (χ0) is 10.7. The monoisotopic (exact) mass is 224 g/mol. The van der Waals surface area contributed by atoms with Crippen LogP contribution in [0.3, 0.4) is 0 Å². The molecule has 1 aliphatic heterocycles. The summed E-state index contributed by atoms with van der Waals surface area (Å²) in [6.45, 7) is 1.36. The second-order valence-corrected chi connectivity index (χ2v) is 4.52. The molecular weight excluding hydrogens is 212 g/mol. The van der Waals surface area contributed by atoms with E-state index in [1.807, 2.05) is 0 Å². The fourth-order valence-electron chi connectivity index (χ4n) is 1.72. The van der Waals surface area contributed by atoms with Crippen LogP contribution in [0.1, 0.15) is 22.5 Å². The Balaban J connectivity index is 1.96. The van der Waals surface area contributed by atoms with Crippen molar-refractivity contribution in [1.29, 1.82) is 0 Å². The van der Waals surface area contributed by atoms with Gasteiger partial charge in [-0.1, -0.05) is 0 Å². The molecule has 0 bridgehead atoms. The van der Waals surface area contributed by atoms with Crippen LogP contribution in [0.2, 0.25) is 0 Å². The Morgan fingerprint density at radius 2 is 2.27 bits per heavy atom. The molecule has 2 heterocycles. The predicted molar refractivity (Wildman–Crippen MR) is 56.8 cm³/mol. The summed E-state index contributed by atoms with van der Waals surface area (Å²) in [4.78, 5) is 28.8. The van der Waals surface area contributed by atoms with Crippen LogP contribution in [0, 0.1) is 5.92 Å². The standard InChI is InChI=1S/C10H12N2O2S/c13-6-8-1-3-12(4-2-8)10(14)9-5-11-7-15-9/h5-8H,1-4H2. The highest BCUT2D eigenvalue weighted by Crippen LogP contribution is 2.18. The first kappa shape index (κ1) is 10.3. The summed E-state index contributed by atoms with van der Waals surface area (Å²) < 4.78 is 0. The first-order valence-electron chi connectivity index (χ1n) is 4.94. The Morgan fingerprint density at radius 1 is 1.53 bits per heavy atom. The molecule has 4 nitrogen and oxygen atoms in total. The van der Waals surface area contributed by atoms with Crippen molar-refractivity contribution in [2.45, 2.75) is 12.8 Å². The Kier molecular flexibility index (Phi) is 3.11. The van der Waals surface area contributed by atoms with Crippen molar-refractivity contribution in [2.75, 3.05) is 13.1 Å². The Morgan fingerprint density at radius 3 is 2.80 bits per heavy atom. The van der Waals surface area contributed by atoms with Gasteiger partial charge >= 0.3 is 0 Å². The van der Waals surface area contributed by atoms with E-state index in [1.165, 1.54) is 11.3 Å². The van der Waals surface area contributed by atoms with Crippen molar-refractivity contribution in [3.63, 3.8) is 0 Å². The average molecular weight is 224 g/mol. The molecule has 0 N–H and O–H groups in total. The van der Waals surface area contributed by atoms with Crippen LogP contribution < -0.4 is 0 Å². The number of nitrogens with zero attached hydrogens (tertiary/aromatic N) is 2. The van der Waals surface area contributed by atoms with Gasteiger partial charge in [-0.3, -0.25) is 9.78 Å². The van der Waals surface area contributed by atoms with E-state index in [0.717, 1.165) is 19.1 Å². The van der Waals surface area contributed by atoms with E-state index in [0.29, 0.717) is 18.0 Å². The molecule has 0 radical (unpaired) electrons. The van der Waals surface area contributed by atoms with Crippen LogP contribution in [-0.2, 0) is 4.79 Å². The maximum absolute atomic E-state index is 11.9. The van der Waals surface area contributed by atoms with Crippen molar-refractivity contribution in [2.24, 2.45) is 5.92 Å². The number of rotatable bonds is 2. The second kappa shape index (κ2) is 4.53. The fraction of sp³-hybridized carbons (Fsp3) is 0.500. The lowest BCUT2D eigenvalue weighted by molar-refractivity contribution is -0.112. The third kappa shape index (κ3) is 2.23. The first-order chi connectivity index (χ1) is 7.31. The van der Waals surface area contributed by atoms with Gasteiger partial charge in [0.2, 0.25) is 0 Å². The summed E-state index contributed by atoms with van der Waals surface area (Å²) in [6.07, 6.45) is 4.16. The molecule has 15 heavy (non-hydrogen) atoms. The van der Waals surface area contributed by atoms with Gasteiger partial charge in [-0.25, -0.2) is 0 Å². The fourth-order valence-corrected chi connectivity index (χ4v) is 2.30. The number of thiazole rings is 1.